The van der Waals surface area contributed by atoms with E-state index in [9.17, 15) is 0 Å². The van der Waals surface area contributed by atoms with Gasteiger partial charge < -0.3 is 0 Å². The van der Waals surface area contributed by atoms with Crippen LogP contribution in [0.15, 0.2) is 36.8 Å². The van der Waals surface area contributed by atoms with Crippen LogP contribution in [-0.4, -0.2) is 9.97 Å². The first-order valence-electron chi connectivity index (χ1n) is 4.89. The molecule has 0 spiro atoms. The molecule has 17 heavy (non-hydrogen) atoms. The minimum Gasteiger partial charge on any atom is -0.271 e. The Morgan fingerprint density at radius 2 is 2.06 bits per heavy atom. The summed E-state index contributed by atoms with van der Waals surface area (Å²) in [4.78, 5) is 8.00. The summed E-state index contributed by atoms with van der Waals surface area (Å²) in [6.07, 6.45) is 3.10. The van der Waals surface area contributed by atoms with Crippen molar-refractivity contribution >= 4 is 23.2 Å². The Hall–Kier alpha value is -1.20. The molecule has 0 aliphatic heterocycles. The molecule has 1 aromatic carbocycles. The molecule has 2 aromatic rings. The fourth-order valence-corrected chi connectivity index (χ4v) is 1.95. The van der Waals surface area contributed by atoms with E-state index >= 15 is 0 Å². The molecule has 2 rings (SSSR count). The van der Waals surface area contributed by atoms with E-state index in [1.165, 1.54) is 6.33 Å². The zero-order valence-electron chi connectivity index (χ0n) is 8.77. The van der Waals surface area contributed by atoms with Crippen LogP contribution in [0.4, 0.5) is 0 Å². The maximum absolute atomic E-state index is 6.12. The average molecular weight is 269 g/mol. The summed E-state index contributed by atoms with van der Waals surface area (Å²) in [5, 5.41) is 1.18. The minimum atomic E-state index is -0.316. The molecule has 1 heterocycles. The van der Waals surface area contributed by atoms with E-state index in [-0.39, 0.29) is 6.04 Å². The van der Waals surface area contributed by atoms with Gasteiger partial charge >= 0.3 is 0 Å². The Morgan fingerprint density at radius 1 is 1.24 bits per heavy atom. The number of hydrogen-bond acceptors (Lipinski definition) is 4. The summed E-state index contributed by atoms with van der Waals surface area (Å²) in [5.41, 5.74) is 4.18. The molecule has 1 atom stereocenters. The van der Waals surface area contributed by atoms with Crippen molar-refractivity contribution in [3.8, 4) is 0 Å². The third kappa shape index (κ3) is 2.73. The van der Waals surface area contributed by atoms with Gasteiger partial charge in [-0.15, -0.1) is 0 Å². The average Bonchev–Trinajstić information content (AvgIpc) is 2.36. The highest BCUT2D eigenvalue weighted by atomic mass is 35.5. The van der Waals surface area contributed by atoms with E-state index in [0.717, 1.165) is 11.3 Å². The van der Waals surface area contributed by atoms with Crippen molar-refractivity contribution in [3.63, 3.8) is 0 Å². The largest absolute Gasteiger partial charge is 0.271 e. The number of nitrogens with one attached hydrogen (secondary N) is 1. The third-order valence-corrected chi connectivity index (χ3v) is 2.92. The Labute approximate surface area is 109 Å². The molecular weight excluding hydrogens is 259 g/mol. The van der Waals surface area contributed by atoms with Crippen molar-refractivity contribution in [1.29, 1.82) is 0 Å². The molecule has 0 radical (unpaired) electrons. The van der Waals surface area contributed by atoms with Gasteiger partial charge in [-0.3, -0.25) is 5.84 Å². The van der Waals surface area contributed by atoms with Crippen LogP contribution in [0.1, 0.15) is 17.3 Å². The standard InChI is InChI=1S/C11H10Cl2N4/c12-7-1-2-9(13)8(5-7)11(17-14)10-3-4-15-6-16-10/h1-6,11,17H,14H2. The molecule has 0 saturated carbocycles. The summed E-state index contributed by atoms with van der Waals surface area (Å²) >= 11 is 12.1. The quantitative estimate of drug-likeness (QED) is 0.663. The summed E-state index contributed by atoms with van der Waals surface area (Å²) in [6.45, 7) is 0. The Bertz CT molecular complexity index is 504. The molecule has 0 bridgehead atoms. The van der Waals surface area contributed by atoms with Gasteiger partial charge in [0.05, 0.1) is 11.7 Å². The van der Waals surface area contributed by atoms with Crippen molar-refractivity contribution in [2.45, 2.75) is 6.04 Å². The lowest BCUT2D eigenvalue weighted by atomic mass is 10.0. The van der Waals surface area contributed by atoms with Gasteiger partial charge in [0.1, 0.15) is 6.33 Å². The fourth-order valence-electron chi connectivity index (χ4n) is 1.54. The maximum atomic E-state index is 6.12. The van der Waals surface area contributed by atoms with Gasteiger partial charge in [-0.05, 0) is 29.8 Å². The highest BCUT2D eigenvalue weighted by Crippen LogP contribution is 2.29. The SMILES string of the molecule is NNC(c1ccncn1)c1cc(Cl)ccc1Cl. The van der Waals surface area contributed by atoms with E-state index in [1.807, 2.05) is 0 Å². The monoisotopic (exact) mass is 268 g/mol. The number of rotatable bonds is 3. The lowest BCUT2D eigenvalue weighted by molar-refractivity contribution is 0.619. The van der Waals surface area contributed by atoms with Gasteiger partial charge in [0.15, 0.2) is 0 Å². The molecule has 3 N–H and O–H groups in total. The van der Waals surface area contributed by atoms with Crippen LogP contribution < -0.4 is 11.3 Å². The lowest BCUT2D eigenvalue weighted by Gasteiger charge is -2.17. The maximum Gasteiger partial charge on any atom is 0.115 e. The van der Waals surface area contributed by atoms with Crippen LogP contribution >= 0.6 is 23.2 Å². The number of benzene rings is 1. The highest BCUT2D eigenvalue weighted by molar-refractivity contribution is 6.33. The normalized spacial score (nSPS) is 12.4. The second-order valence-corrected chi connectivity index (χ2v) is 4.24. The topological polar surface area (TPSA) is 63.8 Å². The first-order valence-corrected chi connectivity index (χ1v) is 5.65. The molecule has 1 unspecified atom stereocenters. The zero-order valence-corrected chi connectivity index (χ0v) is 10.3. The number of nitrogens with zero attached hydrogens (tertiary/aromatic N) is 2. The second kappa shape index (κ2) is 5.42. The predicted molar refractivity (Wildman–Crippen MR) is 67.7 cm³/mol. The molecule has 6 heteroatoms. The van der Waals surface area contributed by atoms with Crippen LogP contribution in [0.5, 0.6) is 0 Å². The Morgan fingerprint density at radius 3 is 2.71 bits per heavy atom. The third-order valence-electron chi connectivity index (χ3n) is 2.34. The van der Waals surface area contributed by atoms with Gasteiger partial charge in [-0.1, -0.05) is 23.2 Å². The van der Waals surface area contributed by atoms with Crippen LogP contribution in [0.3, 0.4) is 0 Å². The van der Waals surface area contributed by atoms with Crippen molar-refractivity contribution < 1.29 is 0 Å². The zero-order chi connectivity index (χ0) is 12.3. The fraction of sp³-hybridized carbons (Fsp3) is 0.0909. The predicted octanol–water partition coefficient (Wildman–Crippen LogP) is 2.34. The van der Waals surface area contributed by atoms with E-state index in [2.05, 4.69) is 15.4 Å². The summed E-state index contributed by atoms with van der Waals surface area (Å²) < 4.78 is 0. The minimum absolute atomic E-state index is 0.316. The lowest BCUT2D eigenvalue weighted by Crippen LogP contribution is -2.29. The molecule has 0 aliphatic carbocycles. The van der Waals surface area contributed by atoms with Crippen LogP contribution in [0, 0.1) is 0 Å². The molecule has 0 aliphatic rings. The first kappa shape index (κ1) is 12.3. The smallest absolute Gasteiger partial charge is 0.115 e. The first-order chi connectivity index (χ1) is 8.22. The molecule has 0 saturated heterocycles. The molecule has 4 nitrogen and oxygen atoms in total. The second-order valence-electron chi connectivity index (χ2n) is 3.40. The number of hydrogen-bond donors (Lipinski definition) is 2. The van der Waals surface area contributed by atoms with Crippen molar-refractivity contribution in [2.75, 3.05) is 0 Å². The molecule has 0 fully saturated rings. The number of hydrazine groups is 1. The number of nitrogens with two attached hydrogens (primary N) is 1. The molecule has 88 valence electrons. The van der Waals surface area contributed by atoms with Gasteiger partial charge in [-0.2, -0.15) is 0 Å². The molecule has 0 amide bonds. The van der Waals surface area contributed by atoms with Crippen LogP contribution in [-0.2, 0) is 0 Å². The number of aromatic nitrogens is 2. The summed E-state index contributed by atoms with van der Waals surface area (Å²) in [7, 11) is 0. The Kier molecular flexibility index (Phi) is 3.91. The van der Waals surface area contributed by atoms with E-state index < -0.39 is 0 Å². The van der Waals surface area contributed by atoms with Gasteiger partial charge in [0.2, 0.25) is 0 Å². The molecule has 1 aromatic heterocycles. The summed E-state index contributed by atoms with van der Waals surface area (Å²) in [5.74, 6) is 5.54. The van der Waals surface area contributed by atoms with Crippen LogP contribution in [0.25, 0.3) is 0 Å². The van der Waals surface area contributed by atoms with Crippen molar-refractivity contribution in [3.05, 3.63) is 58.1 Å². The Balaban J connectivity index is 2.46. The summed E-state index contributed by atoms with van der Waals surface area (Å²) in [6, 6.07) is 6.66. The van der Waals surface area contributed by atoms with Gasteiger partial charge in [0, 0.05) is 16.2 Å². The van der Waals surface area contributed by atoms with Gasteiger partial charge in [0.25, 0.3) is 0 Å². The van der Waals surface area contributed by atoms with Crippen LogP contribution in [0.2, 0.25) is 10.0 Å². The van der Waals surface area contributed by atoms with E-state index in [0.29, 0.717) is 10.0 Å². The number of halogens is 2. The van der Waals surface area contributed by atoms with Gasteiger partial charge in [-0.25, -0.2) is 15.4 Å². The van der Waals surface area contributed by atoms with E-state index in [4.69, 9.17) is 29.0 Å². The van der Waals surface area contributed by atoms with Crippen molar-refractivity contribution in [2.24, 2.45) is 5.84 Å². The highest BCUT2D eigenvalue weighted by Gasteiger charge is 2.17. The molecular formula is C11H10Cl2N4. The van der Waals surface area contributed by atoms with Crippen molar-refractivity contribution in [1.82, 2.24) is 15.4 Å². The van der Waals surface area contributed by atoms with E-state index in [1.54, 1.807) is 30.5 Å².